The van der Waals surface area contributed by atoms with E-state index in [0.717, 1.165) is 45.9 Å². The molecule has 0 aromatic heterocycles. The van der Waals surface area contributed by atoms with Crippen LogP contribution in [0.2, 0.25) is 0 Å². The third kappa shape index (κ3) is 5.65. The molecule has 3 heterocycles. The van der Waals surface area contributed by atoms with Crippen molar-refractivity contribution in [1.82, 2.24) is 0 Å². The molecule has 0 atom stereocenters. The molecule has 3 aliphatic heterocycles. The van der Waals surface area contributed by atoms with E-state index < -0.39 is 42.0 Å². The first-order chi connectivity index (χ1) is 8.24. The van der Waals surface area contributed by atoms with E-state index in [2.05, 4.69) is 1.41 Å². The van der Waals surface area contributed by atoms with Crippen molar-refractivity contribution in [2.24, 2.45) is 0 Å². The summed E-state index contributed by atoms with van der Waals surface area (Å²) in [4.78, 5) is 0. The number of rotatable bonds is 2. The maximum absolute atomic E-state index is 5.53. The molecule has 0 unspecified atom stereocenters. The molecule has 1 saturated heterocycles. The standard InChI is InChI=1S/C4H4O4.3H2O.3O.6Sn/c5-1-2(6)4(8)3(1)7;;;;;;;;;;;;/h5-8H;3*1H2;;;;;;;;;/q;;;;;;;;;4*+1/p-3. The van der Waals surface area contributed by atoms with Crippen LogP contribution < -0.4 is 0 Å². The van der Waals surface area contributed by atoms with Gasteiger partial charge in [0.15, 0.2) is 0 Å². The van der Waals surface area contributed by atoms with Crippen molar-refractivity contribution < 1.29 is 33.0 Å². The Morgan fingerprint density at radius 1 is 0.750 bits per heavy atom. The zero-order valence-corrected chi connectivity index (χ0v) is 26.6. The second kappa shape index (κ2) is 12.6. The van der Waals surface area contributed by atoms with Crippen molar-refractivity contribution in [1.29, 1.82) is 0 Å². The van der Waals surface area contributed by atoms with E-state index in [-0.39, 0.29) is 16.4 Å². The van der Waals surface area contributed by atoms with E-state index in [4.69, 9.17) is 15.1 Å². The molecule has 14 radical (unpaired) electrons. The zero-order valence-electron chi connectivity index (χ0n) is 9.44. The van der Waals surface area contributed by atoms with Gasteiger partial charge in [0.1, 0.15) is 0 Å². The second-order valence-corrected chi connectivity index (χ2v) is 21.2. The summed E-state index contributed by atoms with van der Waals surface area (Å²) in [7, 11) is 0. The van der Waals surface area contributed by atoms with Crippen LogP contribution in [-0.2, 0) is 22.0 Å². The molecule has 0 aromatic rings. The van der Waals surface area contributed by atoms with Crippen LogP contribution in [0.5, 0.6) is 0 Å². The van der Waals surface area contributed by atoms with E-state index in [1.165, 1.54) is 45.9 Å². The molecule has 1 aliphatic carbocycles. The normalized spacial score (nSPS) is 18.6. The fraction of sp³-hybridized carbons (Fsp3) is 0. The Balaban J connectivity index is 0. The Morgan fingerprint density at radius 2 is 1.05 bits per heavy atom. The van der Waals surface area contributed by atoms with Crippen LogP contribution in [0.25, 0.3) is 0 Å². The van der Waals surface area contributed by atoms with Crippen LogP contribution in [0.1, 0.15) is 0 Å². The molecule has 4 rings (SSSR count). The van der Waals surface area contributed by atoms with Gasteiger partial charge in [-0.3, -0.25) is 0 Å². The molecule has 2 bridgehead atoms. The SMILES string of the molecule is O.O.[OH3+].[Sn][O]C1=C([O][Sn])C2=C1[O][Sn]1[O][Sn]([O]2)[O]1.[Sn][O][Sn]. The summed E-state index contributed by atoms with van der Waals surface area (Å²) in [6, 6.07) is 0. The third-order valence-electron chi connectivity index (χ3n) is 1.73. The Bertz CT molecular complexity index is 337. The molecule has 0 spiro atoms. The van der Waals surface area contributed by atoms with Crippen LogP contribution in [0.3, 0.4) is 0 Å². The summed E-state index contributed by atoms with van der Waals surface area (Å²) in [5.74, 6) is 2.63. The summed E-state index contributed by atoms with van der Waals surface area (Å²) < 4.78 is 36.8. The van der Waals surface area contributed by atoms with E-state index in [1.807, 2.05) is 0 Å². The molecular weight excluding hydrogens is 920 g/mol. The summed E-state index contributed by atoms with van der Waals surface area (Å²) >= 11 is -0.592. The fourth-order valence-corrected chi connectivity index (χ4v) is 14.2. The van der Waals surface area contributed by atoms with Gasteiger partial charge in [0.05, 0.1) is 0 Å². The molecule has 16 heteroatoms. The van der Waals surface area contributed by atoms with Crippen molar-refractivity contribution in [3.05, 3.63) is 23.0 Å². The predicted octanol–water partition coefficient (Wildman–Crippen LogP) is -4.71. The maximum atomic E-state index is 5.53. The van der Waals surface area contributed by atoms with Crippen LogP contribution in [0, 0.1) is 0 Å². The van der Waals surface area contributed by atoms with Crippen LogP contribution in [0.15, 0.2) is 23.0 Å². The van der Waals surface area contributed by atoms with Gasteiger partial charge in [-0.15, -0.1) is 0 Å². The molecule has 0 amide bonds. The first kappa shape index (κ1) is 25.5. The van der Waals surface area contributed by atoms with Gasteiger partial charge in [0.2, 0.25) is 0 Å². The monoisotopic (exact) mass is 934 g/mol. The molecule has 7 N–H and O–H groups in total. The first-order valence-corrected chi connectivity index (χ1v) is 15.5. The minimum atomic E-state index is -2.42. The van der Waals surface area contributed by atoms with E-state index in [9.17, 15) is 0 Å². The van der Waals surface area contributed by atoms with Gasteiger partial charge in [-0.05, 0) is 0 Å². The summed E-state index contributed by atoms with van der Waals surface area (Å²) in [5.41, 5.74) is 0. The van der Waals surface area contributed by atoms with Crippen LogP contribution in [-0.4, -0.2) is 145 Å². The van der Waals surface area contributed by atoms with Crippen LogP contribution in [0.4, 0.5) is 0 Å². The van der Waals surface area contributed by atoms with Gasteiger partial charge >= 0.3 is 173 Å². The van der Waals surface area contributed by atoms with Crippen molar-refractivity contribution >= 4 is 134 Å². The van der Waals surface area contributed by atoms with Crippen molar-refractivity contribution in [3.63, 3.8) is 0 Å². The second-order valence-electron chi connectivity index (χ2n) is 2.53. The molecular formula is C4H7O10Sn6+. The topological polar surface area (TPSA) is 161 Å². The van der Waals surface area contributed by atoms with Gasteiger partial charge in [0, 0.05) is 0 Å². The average molecular weight is 927 g/mol. The summed E-state index contributed by atoms with van der Waals surface area (Å²) in [5, 5.41) is 0. The van der Waals surface area contributed by atoms with E-state index in [0.29, 0.717) is 23.0 Å². The molecule has 0 aromatic carbocycles. The van der Waals surface area contributed by atoms with E-state index >= 15 is 0 Å². The molecule has 4 aliphatic rings. The zero-order chi connectivity index (χ0) is 12.4. The van der Waals surface area contributed by atoms with E-state index in [1.54, 1.807) is 0 Å². The Kier molecular flexibility index (Phi) is 16.0. The van der Waals surface area contributed by atoms with Crippen molar-refractivity contribution in [2.45, 2.75) is 0 Å². The van der Waals surface area contributed by atoms with Crippen LogP contribution >= 0.6 is 0 Å². The van der Waals surface area contributed by atoms with Gasteiger partial charge < -0.3 is 16.4 Å². The Morgan fingerprint density at radius 3 is 1.30 bits per heavy atom. The molecule has 0 saturated carbocycles. The predicted molar refractivity (Wildman–Crippen MR) is 68.3 cm³/mol. The molecule has 1 fully saturated rings. The summed E-state index contributed by atoms with van der Waals surface area (Å²) in [6.45, 7) is 0. The average Bonchev–Trinajstić information content (AvgIpc) is 2.47. The number of hydrogen-bond acceptors (Lipinski definition) is 7. The van der Waals surface area contributed by atoms with Gasteiger partial charge in [-0.2, -0.15) is 0 Å². The summed E-state index contributed by atoms with van der Waals surface area (Å²) in [6.07, 6.45) is 0. The fourth-order valence-electron chi connectivity index (χ4n) is 1.11. The van der Waals surface area contributed by atoms with Gasteiger partial charge in [0.25, 0.3) is 0 Å². The Labute approximate surface area is 186 Å². The third-order valence-corrected chi connectivity index (χ3v) is 19.7. The number of hydrogen-bond donors (Lipinski definition) is 0. The quantitative estimate of drug-likeness (QED) is 0.199. The van der Waals surface area contributed by atoms with Gasteiger partial charge in [-0.25, -0.2) is 0 Å². The van der Waals surface area contributed by atoms with Crippen molar-refractivity contribution in [3.8, 4) is 0 Å². The Hall–Kier alpha value is 3.23. The minimum absolute atomic E-state index is 0. The molecule has 106 valence electrons. The molecule has 10 nitrogen and oxygen atoms in total. The molecule has 20 heavy (non-hydrogen) atoms. The van der Waals surface area contributed by atoms with Gasteiger partial charge in [-0.1, -0.05) is 0 Å². The van der Waals surface area contributed by atoms with Crippen molar-refractivity contribution in [2.75, 3.05) is 0 Å². The first-order valence-electron chi connectivity index (χ1n) is 3.86.